The molecule has 0 aliphatic heterocycles. The summed E-state index contributed by atoms with van der Waals surface area (Å²) in [5.41, 5.74) is 0. The number of ether oxygens (including phenoxy) is 1. The Morgan fingerprint density at radius 3 is 2.15 bits per heavy atom. The van der Waals surface area contributed by atoms with Gasteiger partial charge in [0.25, 0.3) is 0 Å². The van der Waals surface area contributed by atoms with E-state index in [-0.39, 0.29) is 5.97 Å². The summed E-state index contributed by atoms with van der Waals surface area (Å²) in [5, 5.41) is 0. The minimum absolute atomic E-state index is 0.0797. The number of allylic oxidation sites excluding steroid dienone is 7. The molecule has 0 amide bonds. The quantitative estimate of drug-likeness (QED) is 0.280. The Bertz CT molecular complexity index is 324. The zero-order valence-corrected chi connectivity index (χ0v) is 12.7. The van der Waals surface area contributed by atoms with Crippen LogP contribution >= 0.6 is 0 Å². The van der Waals surface area contributed by atoms with Gasteiger partial charge in [-0.05, 0) is 45.4 Å². The van der Waals surface area contributed by atoms with Crippen LogP contribution in [0.3, 0.4) is 0 Å². The first kappa shape index (κ1) is 18.4. The van der Waals surface area contributed by atoms with E-state index in [4.69, 9.17) is 4.74 Å². The van der Waals surface area contributed by atoms with Crippen molar-refractivity contribution in [3.8, 4) is 0 Å². The van der Waals surface area contributed by atoms with E-state index < -0.39 is 0 Å². The molecule has 0 unspecified atom stereocenters. The molecule has 0 saturated heterocycles. The molecule has 0 aromatic carbocycles. The fraction of sp³-hybridized carbons (Fsp3) is 0.500. The van der Waals surface area contributed by atoms with Gasteiger partial charge in [-0.15, -0.1) is 6.58 Å². The number of esters is 1. The minimum Gasteiger partial charge on any atom is -0.466 e. The van der Waals surface area contributed by atoms with E-state index >= 15 is 0 Å². The number of rotatable bonds is 12. The predicted octanol–water partition coefficient (Wildman–Crippen LogP) is 5.13. The molecule has 20 heavy (non-hydrogen) atoms. The zero-order chi connectivity index (χ0) is 14.9. The average molecular weight is 276 g/mol. The van der Waals surface area contributed by atoms with Crippen LogP contribution in [0.4, 0.5) is 0 Å². The van der Waals surface area contributed by atoms with Crippen LogP contribution in [0.5, 0.6) is 0 Å². The van der Waals surface area contributed by atoms with Crippen molar-refractivity contribution >= 4 is 5.97 Å². The highest BCUT2D eigenvalue weighted by atomic mass is 16.5. The van der Waals surface area contributed by atoms with Crippen molar-refractivity contribution < 1.29 is 9.53 Å². The fourth-order valence-corrected chi connectivity index (χ4v) is 1.62. The van der Waals surface area contributed by atoms with Gasteiger partial charge in [0.05, 0.1) is 6.61 Å². The van der Waals surface area contributed by atoms with E-state index in [0.717, 1.165) is 38.5 Å². The van der Waals surface area contributed by atoms with Crippen molar-refractivity contribution in [1.29, 1.82) is 0 Å². The largest absolute Gasteiger partial charge is 0.466 e. The van der Waals surface area contributed by atoms with Gasteiger partial charge < -0.3 is 4.74 Å². The maximum absolute atomic E-state index is 11.1. The molecule has 2 nitrogen and oxygen atoms in total. The third-order valence-electron chi connectivity index (χ3n) is 2.65. The standard InChI is InChI=1S/C18H28O2/c1-3-5-6-7-8-9-10-11-12-13-14-15-16-17-18(19)20-4-2/h3,6-7,9-10,12-13H,1,4-5,8,11,14-17H2,2H3/b7-6-,10-9-,13-12-. The molecule has 2 heteroatoms. The van der Waals surface area contributed by atoms with Crippen LogP contribution in [0.2, 0.25) is 0 Å². The zero-order valence-electron chi connectivity index (χ0n) is 12.7. The maximum atomic E-state index is 11.1. The van der Waals surface area contributed by atoms with Crippen molar-refractivity contribution in [1.82, 2.24) is 0 Å². The van der Waals surface area contributed by atoms with Gasteiger partial charge in [0.15, 0.2) is 0 Å². The first-order valence-corrected chi connectivity index (χ1v) is 7.52. The first-order valence-electron chi connectivity index (χ1n) is 7.52. The first-order chi connectivity index (χ1) is 9.81. The van der Waals surface area contributed by atoms with E-state index in [0.29, 0.717) is 13.0 Å². The second-order valence-electron chi connectivity index (χ2n) is 4.46. The fourth-order valence-electron chi connectivity index (χ4n) is 1.62. The highest BCUT2D eigenvalue weighted by Crippen LogP contribution is 2.03. The van der Waals surface area contributed by atoms with Gasteiger partial charge in [0.1, 0.15) is 0 Å². The molecular formula is C18H28O2. The van der Waals surface area contributed by atoms with Gasteiger partial charge >= 0.3 is 5.97 Å². The second-order valence-corrected chi connectivity index (χ2v) is 4.46. The number of unbranched alkanes of at least 4 members (excludes halogenated alkanes) is 2. The Labute approximate surface area is 123 Å². The van der Waals surface area contributed by atoms with Crippen molar-refractivity contribution in [3.05, 3.63) is 49.1 Å². The monoisotopic (exact) mass is 276 g/mol. The topological polar surface area (TPSA) is 26.3 Å². The van der Waals surface area contributed by atoms with Gasteiger partial charge in [0.2, 0.25) is 0 Å². The van der Waals surface area contributed by atoms with Crippen LogP contribution in [-0.4, -0.2) is 12.6 Å². The molecule has 0 atom stereocenters. The molecule has 0 aliphatic carbocycles. The van der Waals surface area contributed by atoms with E-state index in [1.807, 2.05) is 13.0 Å². The average Bonchev–Trinajstić information content (AvgIpc) is 2.44. The molecule has 0 fully saturated rings. The van der Waals surface area contributed by atoms with E-state index in [9.17, 15) is 4.79 Å². The van der Waals surface area contributed by atoms with Crippen LogP contribution in [0.15, 0.2) is 49.1 Å². The van der Waals surface area contributed by atoms with Crippen LogP contribution in [0.1, 0.15) is 51.9 Å². The van der Waals surface area contributed by atoms with Crippen LogP contribution < -0.4 is 0 Å². The van der Waals surface area contributed by atoms with E-state index in [1.165, 1.54) is 0 Å². The molecule has 0 aliphatic rings. The summed E-state index contributed by atoms with van der Waals surface area (Å²) in [7, 11) is 0. The molecule has 0 heterocycles. The smallest absolute Gasteiger partial charge is 0.305 e. The number of hydrogen-bond donors (Lipinski definition) is 0. The van der Waals surface area contributed by atoms with Crippen molar-refractivity contribution in [2.75, 3.05) is 6.61 Å². The lowest BCUT2D eigenvalue weighted by Crippen LogP contribution is -2.02. The summed E-state index contributed by atoms with van der Waals surface area (Å²) in [6, 6.07) is 0. The minimum atomic E-state index is -0.0797. The van der Waals surface area contributed by atoms with E-state index in [1.54, 1.807) is 0 Å². The van der Waals surface area contributed by atoms with Gasteiger partial charge in [-0.1, -0.05) is 42.5 Å². The molecule has 0 N–H and O–H groups in total. The van der Waals surface area contributed by atoms with Gasteiger partial charge in [-0.2, -0.15) is 0 Å². The third kappa shape index (κ3) is 14.5. The third-order valence-corrected chi connectivity index (χ3v) is 2.65. The summed E-state index contributed by atoms with van der Waals surface area (Å²) < 4.78 is 4.87. The summed E-state index contributed by atoms with van der Waals surface area (Å²) in [4.78, 5) is 11.1. The van der Waals surface area contributed by atoms with E-state index in [2.05, 4.69) is 43.0 Å². The molecule has 0 spiro atoms. The Morgan fingerprint density at radius 1 is 0.950 bits per heavy atom. The molecule has 0 bridgehead atoms. The lowest BCUT2D eigenvalue weighted by atomic mass is 10.2. The van der Waals surface area contributed by atoms with Crippen LogP contribution in [0, 0.1) is 0 Å². The Kier molecular flexibility index (Phi) is 14.3. The lowest BCUT2D eigenvalue weighted by molar-refractivity contribution is -0.143. The SMILES string of the molecule is C=CC/C=C\C/C=C\C/C=C\CCCCC(=O)OCC. The second kappa shape index (κ2) is 15.5. The highest BCUT2D eigenvalue weighted by molar-refractivity contribution is 5.69. The molecule has 0 aromatic heterocycles. The highest BCUT2D eigenvalue weighted by Gasteiger charge is 1.99. The lowest BCUT2D eigenvalue weighted by Gasteiger charge is -1.99. The van der Waals surface area contributed by atoms with Crippen molar-refractivity contribution in [3.63, 3.8) is 0 Å². The summed E-state index contributed by atoms with van der Waals surface area (Å²) in [6.07, 6.45) is 21.3. The molecular weight excluding hydrogens is 248 g/mol. The Morgan fingerprint density at radius 2 is 1.55 bits per heavy atom. The van der Waals surface area contributed by atoms with Crippen LogP contribution in [-0.2, 0) is 9.53 Å². The molecule has 0 radical (unpaired) electrons. The summed E-state index contributed by atoms with van der Waals surface area (Å²) in [6.45, 7) is 5.98. The Hall–Kier alpha value is -1.57. The summed E-state index contributed by atoms with van der Waals surface area (Å²) >= 11 is 0. The van der Waals surface area contributed by atoms with Gasteiger partial charge in [-0.3, -0.25) is 4.79 Å². The predicted molar refractivity (Wildman–Crippen MR) is 86.6 cm³/mol. The van der Waals surface area contributed by atoms with Gasteiger partial charge in [0, 0.05) is 6.42 Å². The molecule has 112 valence electrons. The number of hydrogen-bond acceptors (Lipinski definition) is 2. The molecule has 0 saturated carbocycles. The van der Waals surface area contributed by atoms with Gasteiger partial charge in [-0.25, -0.2) is 0 Å². The Balaban J connectivity index is 3.37. The molecule has 0 rings (SSSR count). The summed E-state index contributed by atoms with van der Waals surface area (Å²) in [5.74, 6) is -0.0797. The number of carbonyl (C=O) groups excluding carboxylic acids is 1. The normalized spacial score (nSPS) is 11.7. The number of carbonyl (C=O) groups is 1. The molecule has 0 aromatic rings. The van der Waals surface area contributed by atoms with Crippen molar-refractivity contribution in [2.24, 2.45) is 0 Å². The maximum Gasteiger partial charge on any atom is 0.305 e. The van der Waals surface area contributed by atoms with Crippen LogP contribution in [0.25, 0.3) is 0 Å². The van der Waals surface area contributed by atoms with Crippen molar-refractivity contribution in [2.45, 2.75) is 51.9 Å².